The summed E-state index contributed by atoms with van der Waals surface area (Å²) in [7, 11) is 0. The molecule has 1 N–H and O–H groups in total. The van der Waals surface area contributed by atoms with Gasteiger partial charge in [-0.2, -0.15) is 0 Å². The standard InChI is InChI=1S/C16H18N4O2/c1-2-14-10-16(22)20(12-19-14)9-8-18-15(21)6-5-13-4-3-7-17-11-13/h3-7,10-12H,2,8-9H2,1H3,(H,18,21)/b6-5+. The summed E-state index contributed by atoms with van der Waals surface area (Å²) >= 11 is 0. The van der Waals surface area contributed by atoms with Gasteiger partial charge in [0.15, 0.2) is 0 Å². The molecule has 1 amide bonds. The molecule has 0 aliphatic rings. The van der Waals surface area contributed by atoms with Gasteiger partial charge in [0.2, 0.25) is 5.91 Å². The van der Waals surface area contributed by atoms with E-state index in [1.165, 1.54) is 23.0 Å². The number of nitrogens with one attached hydrogen (secondary N) is 1. The molecule has 0 spiro atoms. The van der Waals surface area contributed by atoms with Crippen molar-refractivity contribution < 1.29 is 4.79 Å². The molecule has 2 aromatic rings. The van der Waals surface area contributed by atoms with E-state index in [1.54, 1.807) is 24.5 Å². The van der Waals surface area contributed by atoms with Crippen molar-refractivity contribution in [1.82, 2.24) is 19.9 Å². The zero-order chi connectivity index (χ0) is 15.8. The highest BCUT2D eigenvalue weighted by atomic mass is 16.1. The third-order valence-corrected chi connectivity index (χ3v) is 3.06. The molecule has 0 unspecified atom stereocenters. The SMILES string of the molecule is CCc1cc(=O)n(CCNC(=O)/C=C/c2cccnc2)cn1. The van der Waals surface area contributed by atoms with Gasteiger partial charge in [-0.1, -0.05) is 13.0 Å². The number of rotatable bonds is 6. The monoisotopic (exact) mass is 298 g/mol. The van der Waals surface area contributed by atoms with Crippen LogP contribution in [0, 0.1) is 0 Å². The summed E-state index contributed by atoms with van der Waals surface area (Å²) in [5.74, 6) is -0.213. The van der Waals surface area contributed by atoms with Gasteiger partial charge in [0.25, 0.3) is 5.56 Å². The second kappa shape index (κ2) is 7.87. The minimum Gasteiger partial charge on any atom is -0.351 e. The van der Waals surface area contributed by atoms with E-state index in [1.807, 2.05) is 13.0 Å². The molecular weight excluding hydrogens is 280 g/mol. The lowest BCUT2D eigenvalue weighted by atomic mass is 10.2. The molecule has 0 bridgehead atoms. The van der Waals surface area contributed by atoms with Crippen LogP contribution in [0.15, 0.2) is 47.8 Å². The Morgan fingerprint density at radius 3 is 3.00 bits per heavy atom. The Kier molecular flexibility index (Phi) is 5.59. The zero-order valence-corrected chi connectivity index (χ0v) is 12.4. The van der Waals surface area contributed by atoms with Crippen LogP contribution in [0.5, 0.6) is 0 Å². The average molecular weight is 298 g/mol. The third kappa shape index (κ3) is 4.66. The number of carbonyl (C=O) groups is 1. The fraction of sp³-hybridized carbons (Fsp3) is 0.250. The molecule has 0 saturated carbocycles. The molecule has 0 aliphatic heterocycles. The maximum Gasteiger partial charge on any atom is 0.253 e. The van der Waals surface area contributed by atoms with Crippen LogP contribution in [0.1, 0.15) is 18.2 Å². The van der Waals surface area contributed by atoms with E-state index in [-0.39, 0.29) is 11.5 Å². The molecule has 0 aliphatic carbocycles. The second-order valence-electron chi connectivity index (χ2n) is 4.68. The van der Waals surface area contributed by atoms with Crippen molar-refractivity contribution in [1.29, 1.82) is 0 Å². The van der Waals surface area contributed by atoms with Gasteiger partial charge in [0.05, 0.1) is 6.33 Å². The maximum atomic E-state index is 11.8. The predicted molar refractivity (Wildman–Crippen MR) is 84.2 cm³/mol. The van der Waals surface area contributed by atoms with E-state index in [4.69, 9.17) is 0 Å². The van der Waals surface area contributed by atoms with Crippen LogP contribution in [0.4, 0.5) is 0 Å². The fourth-order valence-corrected chi connectivity index (χ4v) is 1.83. The van der Waals surface area contributed by atoms with E-state index in [9.17, 15) is 9.59 Å². The molecule has 0 fully saturated rings. The van der Waals surface area contributed by atoms with Gasteiger partial charge in [0.1, 0.15) is 0 Å². The van der Waals surface area contributed by atoms with Gasteiger partial charge >= 0.3 is 0 Å². The van der Waals surface area contributed by atoms with Gasteiger partial charge in [0, 0.05) is 43.3 Å². The van der Waals surface area contributed by atoms with E-state index in [0.29, 0.717) is 13.1 Å². The van der Waals surface area contributed by atoms with E-state index < -0.39 is 0 Å². The lowest BCUT2D eigenvalue weighted by Gasteiger charge is -2.06. The number of hydrogen-bond acceptors (Lipinski definition) is 4. The number of amides is 1. The minimum absolute atomic E-state index is 0.105. The minimum atomic E-state index is -0.213. The van der Waals surface area contributed by atoms with Crippen LogP contribution >= 0.6 is 0 Å². The highest BCUT2D eigenvalue weighted by Crippen LogP contribution is 1.97. The van der Waals surface area contributed by atoms with Crippen LogP contribution in [0.2, 0.25) is 0 Å². The quantitative estimate of drug-likeness (QED) is 0.808. The van der Waals surface area contributed by atoms with Gasteiger partial charge in [-0.05, 0) is 24.1 Å². The Balaban J connectivity index is 1.82. The summed E-state index contributed by atoms with van der Waals surface area (Å²) in [6.07, 6.45) is 8.71. The van der Waals surface area contributed by atoms with E-state index in [2.05, 4.69) is 15.3 Å². The molecule has 0 aromatic carbocycles. The lowest BCUT2D eigenvalue weighted by molar-refractivity contribution is -0.116. The van der Waals surface area contributed by atoms with Crippen LogP contribution in [0.25, 0.3) is 6.08 Å². The highest BCUT2D eigenvalue weighted by molar-refractivity contribution is 5.91. The molecule has 0 radical (unpaired) electrons. The molecule has 2 aromatic heterocycles. The van der Waals surface area contributed by atoms with Crippen LogP contribution in [-0.4, -0.2) is 27.0 Å². The van der Waals surface area contributed by atoms with Crippen molar-refractivity contribution in [2.24, 2.45) is 0 Å². The van der Waals surface area contributed by atoms with Crippen molar-refractivity contribution in [2.75, 3.05) is 6.54 Å². The van der Waals surface area contributed by atoms with Gasteiger partial charge < -0.3 is 5.32 Å². The zero-order valence-electron chi connectivity index (χ0n) is 12.4. The number of aryl methyl sites for hydroxylation is 1. The molecule has 0 saturated heterocycles. The first-order chi connectivity index (χ1) is 10.7. The summed E-state index contributed by atoms with van der Waals surface area (Å²) in [5, 5.41) is 2.72. The first-order valence-electron chi connectivity index (χ1n) is 7.10. The normalized spacial score (nSPS) is 10.8. The van der Waals surface area contributed by atoms with Crippen molar-refractivity contribution in [2.45, 2.75) is 19.9 Å². The molecule has 2 rings (SSSR count). The Morgan fingerprint density at radius 1 is 1.45 bits per heavy atom. The van der Waals surface area contributed by atoms with Crippen molar-refractivity contribution in [3.05, 3.63) is 64.6 Å². The van der Waals surface area contributed by atoms with Crippen LogP contribution in [0.3, 0.4) is 0 Å². The average Bonchev–Trinajstić information content (AvgIpc) is 2.55. The van der Waals surface area contributed by atoms with Crippen molar-refractivity contribution in [3.63, 3.8) is 0 Å². The summed E-state index contributed by atoms with van der Waals surface area (Å²) in [5.41, 5.74) is 1.52. The summed E-state index contributed by atoms with van der Waals surface area (Å²) < 4.78 is 1.48. The van der Waals surface area contributed by atoms with Gasteiger partial charge in [-0.25, -0.2) is 4.98 Å². The smallest absolute Gasteiger partial charge is 0.253 e. The Morgan fingerprint density at radius 2 is 2.32 bits per heavy atom. The van der Waals surface area contributed by atoms with Crippen molar-refractivity contribution >= 4 is 12.0 Å². The van der Waals surface area contributed by atoms with E-state index in [0.717, 1.165) is 17.7 Å². The van der Waals surface area contributed by atoms with Gasteiger partial charge in [-0.3, -0.25) is 19.1 Å². The molecule has 6 heteroatoms. The highest BCUT2D eigenvalue weighted by Gasteiger charge is 2.00. The molecule has 114 valence electrons. The first kappa shape index (κ1) is 15.6. The Hall–Kier alpha value is -2.76. The van der Waals surface area contributed by atoms with Crippen LogP contribution < -0.4 is 10.9 Å². The lowest BCUT2D eigenvalue weighted by Crippen LogP contribution is -2.30. The Labute approximate surface area is 128 Å². The summed E-state index contributed by atoms with van der Waals surface area (Å²) in [6, 6.07) is 5.18. The number of nitrogens with zero attached hydrogens (tertiary/aromatic N) is 3. The topological polar surface area (TPSA) is 76.9 Å². The predicted octanol–water partition coefficient (Wildman–Crippen LogP) is 1.03. The number of aromatic nitrogens is 3. The third-order valence-electron chi connectivity index (χ3n) is 3.06. The number of hydrogen-bond donors (Lipinski definition) is 1. The molecule has 0 atom stereocenters. The number of carbonyl (C=O) groups excluding carboxylic acids is 1. The van der Waals surface area contributed by atoms with Gasteiger partial charge in [-0.15, -0.1) is 0 Å². The maximum absolute atomic E-state index is 11.8. The molecule has 6 nitrogen and oxygen atoms in total. The van der Waals surface area contributed by atoms with Crippen molar-refractivity contribution in [3.8, 4) is 0 Å². The van der Waals surface area contributed by atoms with Crippen LogP contribution in [-0.2, 0) is 17.8 Å². The second-order valence-corrected chi connectivity index (χ2v) is 4.68. The first-order valence-corrected chi connectivity index (χ1v) is 7.10. The number of pyridine rings is 1. The molecular formula is C16H18N4O2. The Bertz CT molecular complexity index is 708. The molecule has 22 heavy (non-hydrogen) atoms. The summed E-state index contributed by atoms with van der Waals surface area (Å²) in [4.78, 5) is 31.6. The molecule has 2 heterocycles. The largest absolute Gasteiger partial charge is 0.351 e. The summed E-state index contributed by atoms with van der Waals surface area (Å²) in [6.45, 7) is 2.70. The fourth-order valence-electron chi connectivity index (χ4n) is 1.83. The van der Waals surface area contributed by atoms with E-state index >= 15 is 0 Å².